The highest BCUT2D eigenvalue weighted by Gasteiger charge is 2.34. The van der Waals surface area contributed by atoms with Crippen molar-refractivity contribution >= 4 is 17.9 Å². The molecule has 21 heavy (non-hydrogen) atoms. The molecule has 0 unspecified atom stereocenters. The van der Waals surface area contributed by atoms with Crippen molar-refractivity contribution in [1.82, 2.24) is 5.32 Å². The molecule has 0 spiro atoms. The normalized spacial score (nSPS) is 21.0. The number of hydrogen-bond acceptors (Lipinski definition) is 4. The molecule has 1 aliphatic rings. The molecule has 1 aromatic carbocycles. The quantitative estimate of drug-likeness (QED) is 0.898. The number of hydrogen-bond donors (Lipinski definition) is 2. The van der Waals surface area contributed by atoms with Crippen LogP contribution in [0.5, 0.6) is 0 Å². The van der Waals surface area contributed by atoms with Crippen LogP contribution in [-0.4, -0.2) is 35.2 Å². The highest BCUT2D eigenvalue weighted by molar-refractivity contribution is 7.99. The molecule has 0 fully saturated rings. The van der Waals surface area contributed by atoms with Gasteiger partial charge in [-0.2, -0.15) is 0 Å². The average molecular weight is 309 g/mol. The van der Waals surface area contributed by atoms with Crippen LogP contribution in [0.3, 0.4) is 0 Å². The first-order valence-corrected chi connectivity index (χ1v) is 8.25. The van der Waals surface area contributed by atoms with Gasteiger partial charge in [-0.25, -0.2) is 4.79 Å². The fourth-order valence-corrected chi connectivity index (χ4v) is 3.70. The number of fused-ring (bicyclic) bond motifs is 1. The zero-order valence-electron chi connectivity index (χ0n) is 12.8. The molecule has 2 rings (SSSR count). The van der Waals surface area contributed by atoms with E-state index in [4.69, 9.17) is 9.84 Å². The number of carbonyl (C=O) groups excluding carboxylic acids is 1. The van der Waals surface area contributed by atoms with Gasteiger partial charge in [0.05, 0.1) is 17.9 Å². The number of nitrogens with one attached hydrogen (secondary N) is 1. The van der Waals surface area contributed by atoms with Crippen molar-refractivity contribution in [2.75, 3.05) is 12.4 Å². The van der Waals surface area contributed by atoms with Gasteiger partial charge >= 0.3 is 6.09 Å². The Morgan fingerprint density at radius 1 is 1.43 bits per heavy atom. The monoisotopic (exact) mass is 309 g/mol. The number of carbonyl (C=O) groups is 1. The van der Waals surface area contributed by atoms with E-state index in [1.807, 2.05) is 32.9 Å². The van der Waals surface area contributed by atoms with Gasteiger partial charge in [0.1, 0.15) is 5.60 Å². The minimum absolute atomic E-state index is 0.00815. The number of alkyl carbamates (subject to hydrolysis) is 1. The molecule has 5 heteroatoms. The summed E-state index contributed by atoms with van der Waals surface area (Å²) in [7, 11) is 0. The Morgan fingerprint density at radius 3 is 2.81 bits per heavy atom. The third-order valence-electron chi connectivity index (χ3n) is 3.26. The van der Waals surface area contributed by atoms with Crippen LogP contribution >= 0.6 is 11.8 Å². The molecule has 1 aromatic rings. The summed E-state index contributed by atoms with van der Waals surface area (Å²) in [5, 5.41) is 12.2. The van der Waals surface area contributed by atoms with Gasteiger partial charge in [0, 0.05) is 5.75 Å². The van der Waals surface area contributed by atoms with E-state index in [0.717, 1.165) is 6.42 Å². The van der Waals surface area contributed by atoms with E-state index in [1.165, 1.54) is 11.1 Å². The number of amides is 1. The highest BCUT2D eigenvalue weighted by atomic mass is 32.2. The molecule has 0 saturated carbocycles. The van der Waals surface area contributed by atoms with Gasteiger partial charge in [0.25, 0.3) is 0 Å². The van der Waals surface area contributed by atoms with Crippen molar-refractivity contribution < 1.29 is 14.6 Å². The highest BCUT2D eigenvalue weighted by Crippen LogP contribution is 2.41. The molecule has 4 nitrogen and oxygen atoms in total. The fraction of sp³-hybridized carbons (Fsp3) is 0.562. The van der Waals surface area contributed by atoms with E-state index in [0.29, 0.717) is 5.75 Å². The molecule has 0 bridgehead atoms. The zero-order chi connectivity index (χ0) is 15.5. The summed E-state index contributed by atoms with van der Waals surface area (Å²) in [6, 6.07) is 8.23. The number of benzene rings is 1. The molecule has 1 aliphatic carbocycles. The van der Waals surface area contributed by atoms with Crippen molar-refractivity contribution in [3.63, 3.8) is 0 Å². The Labute approximate surface area is 130 Å². The molecule has 1 amide bonds. The smallest absolute Gasteiger partial charge is 0.407 e. The van der Waals surface area contributed by atoms with Crippen LogP contribution in [0.2, 0.25) is 0 Å². The van der Waals surface area contributed by atoms with E-state index in [-0.39, 0.29) is 24.0 Å². The molecule has 0 radical (unpaired) electrons. The molecule has 2 atom stereocenters. The number of aliphatic hydroxyl groups excluding tert-OH is 1. The van der Waals surface area contributed by atoms with E-state index in [9.17, 15) is 4.79 Å². The summed E-state index contributed by atoms with van der Waals surface area (Å²) in [5.74, 6) is 0.658. The number of rotatable bonds is 4. The first-order chi connectivity index (χ1) is 9.90. The second-order valence-electron chi connectivity index (χ2n) is 6.17. The SMILES string of the molecule is CC(C)(C)OC(=O)N[C@@H]1Cc2ccccc2[C@H]1SCCO. The van der Waals surface area contributed by atoms with Crippen molar-refractivity contribution in [3.8, 4) is 0 Å². The van der Waals surface area contributed by atoms with Gasteiger partial charge in [-0.3, -0.25) is 0 Å². The summed E-state index contributed by atoms with van der Waals surface area (Å²) < 4.78 is 5.34. The summed E-state index contributed by atoms with van der Waals surface area (Å²) >= 11 is 1.67. The van der Waals surface area contributed by atoms with E-state index < -0.39 is 5.60 Å². The van der Waals surface area contributed by atoms with E-state index in [2.05, 4.69) is 17.4 Å². The first kappa shape index (κ1) is 16.2. The summed E-state index contributed by atoms with van der Waals surface area (Å²) in [5.41, 5.74) is 2.01. The molecular formula is C16H23NO3S. The molecular weight excluding hydrogens is 286 g/mol. The Morgan fingerprint density at radius 2 is 2.14 bits per heavy atom. The molecule has 2 N–H and O–H groups in total. The molecule has 0 aromatic heterocycles. The van der Waals surface area contributed by atoms with Crippen LogP contribution in [0.1, 0.15) is 37.1 Å². The van der Waals surface area contributed by atoms with E-state index >= 15 is 0 Å². The molecule has 0 saturated heterocycles. The Kier molecular flexibility index (Phi) is 5.17. The third-order valence-corrected chi connectivity index (χ3v) is 4.62. The fourth-order valence-electron chi connectivity index (χ4n) is 2.53. The van der Waals surface area contributed by atoms with Crippen LogP contribution < -0.4 is 5.32 Å². The van der Waals surface area contributed by atoms with Crippen LogP contribution in [0.15, 0.2) is 24.3 Å². The lowest BCUT2D eigenvalue weighted by molar-refractivity contribution is 0.0506. The lowest BCUT2D eigenvalue weighted by atomic mass is 10.1. The van der Waals surface area contributed by atoms with Gasteiger partial charge in [-0.1, -0.05) is 24.3 Å². The second-order valence-corrected chi connectivity index (χ2v) is 7.42. The zero-order valence-corrected chi connectivity index (χ0v) is 13.6. The maximum atomic E-state index is 12.0. The van der Waals surface area contributed by atoms with Gasteiger partial charge in [0.2, 0.25) is 0 Å². The largest absolute Gasteiger partial charge is 0.444 e. The van der Waals surface area contributed by atoms with Crippen LogP contribution in [-0.2, 0) is 11.2 Å². The van der Waals surface area contributed by atoms with Gasteiger partial charge in [-0.05, 0) is 38.3 Å². The molecule has 116 valence electrons. The minimum Gasteiger partial charge on any atom is -0.444 e. The topological polar surface area (TPSA) is 58.6 Å². The maximum absolute atomic E-state index is 12.0. The van der Waals surface area contributed by atoms with Gasteiger partial charge in [0.15, 0.2) is 0 Å². The molecule has 0 aliphatic heterocycles. The first-order valence-electron chi connectivity index (χ1n) is 7.20. The van der Waals surface area contributed by atoms with Crippen molar-refractivity contribution in [2.45, 2.75) is 44.1 Å². The van der Waals surface area contributed by atoms with Crippen molar-refractivity contribution in [3.05, 3.63) is 35.4 Å². The van der Waals surface area contributed by atoms with Crippen molar-refractivity contribution in [1.29, 1.82) is 0 Å². The molecule has 0 heterocycles. The Bertz CT molecular complexity index is 499. The summed E-state index contributed by atoms with van der Waals surface area (Å²) in [4.78, 5) is 12.0. The van der Waals surface area contributed by atoms with Crippen LogP contribution in [0.4, 0.5) is 4.79 Å². The van der Waals surface area contributed by atoms with E-state index in [1.54, 1.807) is 11.8 Å². The third kappa shape index (κ3) is 4.38. The standard InChI is InChI=1S/C16H23NO3S/c1-16(2,3)20-15(19)17-13-10-11-6-4-5-7-12(11)14(13)21-9-8-18/h4-7,13-14,18H,8-10H2,1-3H3,(H,17,19)/t13-,14-/m1/s1. The van der Waals surface area contributed by atoms with Gasteiger partial charge in [-0.15, -0.1) is 11.8 Å². The Balaban J connectivity index is 2.07. The van der Waals surface area contributed by atoms with Crippen molar-refractivity contribution in [2.24, 2.45) is 0 Å². The van der Waals surface area contributed by atoms with Gasteiger partial charge < -0.3 is 15.2 Å². The minimum atomic E-state index is -0.497. The number of thioether (sulfide) groups is 1. The lowest BCUT2D eigenvalue weighted by Gasteiger charge is -2.24. The maximum Gasteiger partial charge on any atom is 0.407 e. The Hall–Kier alpha value is -1.20. The predicted molar refractivity (Wildman–Crippen MR) is 85.6 cm³/mol. The summed E-state index contributed by atoms with van der Waals surface area (Å²) in [6.45, 7) is 5.71. The number of aliphatic hydroxyl groups is 1. The second kappa shape index (κ2) is 6.71. The number of ether oxygens (including phenoxy) is 1. The average Bonchev–Trinajstić information content (AvgIpc) is 2.71. The summed E-state index contributed by atoms with van der Waals surface area (Å²) in [6.07, 6.45) is 0.424. The van der Waals surface area contributed by atoms with Crippen LogP contribution in [0.25, 0.3) is 0 Å². The predicted octanol–water partition coefficient (Wildman–Crippen LogP) is 2.90. The lowest BCUT2D eigenvalue weighted by Crippen LogP contribution is -2.40. The van der Waals surface area contributed by atoms with Crippen LogP contribution in [0, 0.1) is 0 Å².